The minimum absolute atomic E-state index is 0. The third-order valence-electron chi connectivity index (χ3n) is 4.59. The molecule has 1 atom stereocenters. The van der Waals surface area contributed by atoms with E-state index >= 15 is 0 Å². The van der Waals surface area contributed by atoms with Gasteiger partial charge in [-0.3, -0.25) is 4.68 Å². The summed E-state index contributed by atoms with van der Waals surface area (Å²) in [5.41, 5.74) is 4.37. The zero-order valence-electron chi connectivity index (χ0n) is 14.9. The number of rotatable bonds is 5. The lowest BCUT2D eigenvalue weighted by Gasteiger charge is -2.25. The Balaban J connectivity index is 0.00000208. The van der Waals surface area contributed by atoms with Crippen molar-refractivity contribution in [3.63, 3.8) is 0 Å². The molecule has 24 heavy (non-hydrogen) atoms. The molecule has 0 aliphatic carbocycles. The van der Waals surface area contributed by atoms with E-state index in [0.29, 0.717) is 0 Å². The van der Waals surface area contributed by atoms with Gasteiger partial charge in [0.15, 0.2) is 0 Å². The van der Waals surface area contributed by atoms with Crippen molar-refractivity contribution in [1.29, 1.82) is 0 Å². The largest absolute Gasteiger partial charge is 1.00 e. The minimum Gasteiger partial charge on any atom is -1.00 e. The molecule has 0 spiro atoms. The van der Waals surface area contributed by atoms with Gasteiger partial charge in [-0.25, -0.2) is 0 Å². The summed E-state index contributed by atoms with van der Waals surface area (Å²) < 4.78 is 2.98. The topological polar surface area (TPSA) is 38.1 Å². The maximum absolute atomic E-state index is 10.9. The van der Waals surface area contributed by atoms with E-state index in [1.807, 2.05) is 18.2 Å². The van der Waals surface area contributed by atoms with Crippen LogP contribution < -0.4 is 24.0 Å². The summed E-state index contributed by atoms with van der Waals surface area (Å²) in [6.07, 6.45) is 3.72. The summed E-state index contributed by atoms with van der Waals surface area (Å²) in [7, 11) is 6.49. The summed E-state index contributed by atoms with van der Waals surface area (Å²) in [5.74, 6) is 0. The number of aromatic nitrogens is 2. The van der Waals surface area contributed by atoms with Gasteiger partial charge in [0, 0.05) is 29.8 Å². The smallest absolute Gasteiger partial charge is 0.0984 e. The summed E-state index contributed by atoms with van der Waals surface area (Å²) in [6.45, 7) is 1.91. The van der Waals surface area contributed by atoms with Gasteiger partial charge in [0.2, 0.25) is 0 Å². The summed E-state index contributed by atoms with van der Waals surface area (Å²) >= 11 is 0. The predicted molar refractivity (Wildman–Crippen MR) is 93.1 cm³/mol. The first-order valence-corrected chi connectivity index (χ1v) is 8.59. The van der Waals surface area contributed by atoms with Crippen molar-refractivity contribution in [2.75, 3.05) is 27.7 Å². The Kier molecular flexibility index (Phi) is 6.45. The molecular weight excluding hydrogens is 413 g/mol. The first-order valence-electron chi connectivity index (χ1n) is 8.59. The number of aliphatic hydroxyl groups is 1. The Bertz CT molecular complexity index is 661. The van der Waals surface area contributed by atoms with Crippen molar-refractivity contribution >= 4 is 0 Å². The van der Waals surface area contributed by atoms with E-state index in [4.69, 9.17) is 5.10 Å². The minimum atomic E-state index is -0.440. The molecule has 0 saturated heterocycles. The second kappa shape index (κ2) is 7.97. The lowest BCUT2D eigenvalue weighted by Crippen LogP contribution is -3.00. The molecule has 0 fully saturated rings. The molecule has 1 aliphatic heterocycles. The van der Waals surface area contributed by atoms with Crippen LogP contribution in [0.1, 0.15) is 36.6 Å². The van der Waals surface area contributed by atoms with E-state index in [-0.39, 0.29) is 24.0 Å². The molecule has 2 heterocycles. The van der Waals surface area contributed by atoms with Gasteiger partial charge in [-0.2, -0.15) is 5.10 Å². The molecule has 1 N–H and O–H groups in total. The average molecular weight is 441 g/mol. The van der Waals surface area contributed by atoms with Gasteiger partial charge < -0.3 is 33.6 Å². The van der Waals surface area contributed by atoms with E-state index in [9.17, 15) is 5.11 Å². The fourth-order valence-corrected chi connectivity index (χ4v) is 3.33. The molecule has 1 aromatic heterocycles. The zero-order chi connectivity index (χ0) is 16.4. The Morgan fingerprint density at radius 2 is 1.88 bits per heavy atom. The number of aryl methyl sites for hydroxylation is 1. The standard InChI is InChI=1S/C19H28N3O.HI/c1-22(2,3)14-12-17(23)18-16-11-7-8-13-21(16)20-19(18)15-9-5-4-6-10-15;/h4-6,9-10,17,23H,7-8,11-14H2,1-3H3;1H/q+1;/p-1. The van der Waals surface area contributed by atoms with E-state index in [1.54, 1.807) is 0 Å². The average Bonchev–Trinajstić information content (AvgIpc) is 2.92. The molecule has 0 saturated carbocycles. The molecule has 1 aromatic carbocycles. The van der Waals surface area contributed by atoms with Crippen LogP contribution in [-0.2, 0) is 13.0 Å². The first kappa shape index (κ1) is 19.4. The number of hydrogen-bond acceptors (Lipinski definition) is 2. The highest BCUT2D eigenvalue weighted by atomic mass is 127. The summed E-state index contributed by atoms with van der Waals surface area (Å²) in [4.78, 5) is 0. The van der Waals surface area contributed by atoms with Crippen molar-refractivity contribution in [2.24, 2.45) is 0 Å². The van der Waals surface area contributed by atoms with E-state index < -0.39 is 6.10 Å². The lowest BCUT2D eigenvalue weighted by atomic mass is 9.96. The molecule has 0 radical (unpaired) electrons. The van der Waals surface area contributed by atoms with E-state index in [0.717, 1.165) is 47.2 Å². The Morgan fingerprint density at radius 3 is 2.54 bits per heavy atom. The van der Waals surface area contributed by atoms with Gasteiger partial charge in [0.05, 0.1) is 39.5 Å². The Labute approximate surface area is 162 Å². The highest BCUT2D eigenvalue weighted by molar-refractivity contribution is 5.64. The lowest BCUT2D eigenvalue weighted by molar-refractivity contribution is -0.871. The number of fused-ring (bicyclic) bond motifs is 1. The number of nitrogens with zero attached hydrogens (tertiary/aromatic N) is 3. The van der Waals surface area contributed by atoms with Crippen molar-refractivity contribution < 1.29 is 33.6 Å². The molecular formula is C19H28IN3O. The molecule has 132 valence electrons. The fraction of sp³-hybridized carbons (Fsp3) is 0.526. The number of quaternary nitrogens is 1. The normalized spacial score (nSPS) is 15.5. The van der Waals surface area contributed by atoms with Crippen LogP contribution >= 0.6 is 0 Å². The van der Waals surface area contributed by atoms with Gasteiger partial charge >= 0.3 is 0 Å². The molecule has 1 unspecified atom stereocenters. The van der Waals surface area contributed by atoms with Crippen molar-refractivity contribution in [3.8, 4) is 11.3 Å². The molecule has 1 aliphatic rings. The van der Waals surface area contributed by atoms with Crippen LogP contribution in [0.3, 0.4) is 0 Å². The van der Waals surface area contributed by atoms with Crippen LogP contribution in [0.5, 0.6) is 0 Å². The Hall–Kier alpha value is -0.920. The second-order valence-electron chi connectivity index (χ2n) is 7.57. The van der Waals surface area contributed by atoms with Crippen molar-refractivity contribution in [1.82, 2.24) is 9.78 Å². The SMILES string of the molecule is C[N+](C)(C)CCC(O)c1c(-c2ccccc2)nn2c1CCCC2.[I-]. The van der Waals surface area contributed by atoms with Crippen LogP contribution in [-0.4, -0.2) is 47.1 Å². The van der Waals surface area contributed by atoms with Crippen LogP contribution in [0.2, 0.25) is 0 Å². The quantitative estimate of drug-likeness (QED) is 0.525. The van der Waals surface area contributed by atoms with E-state index in [1.165, 1.54) is 18.5 Å². The second-order valence-corrected chi connectivity index (χ2v) is 7.57. The van der Waals surface area contributed by atoms with Crippen molar-refractivity contribution in [2.45, 2.75) is 38.3 Å². The maximum atomic E-state index is 10.9. The van der Waals surface area contributed by atoms with Gasteiger partial charge in [-0.05, 0) is 19.3 Å². The number of aliphatic hydroxyl groups excluding tert-OH is 1. The fourth-order valence-electron chi connectivity index (χ4n) is 3.33. The Morgan fingerprint density at radius 1 is 1.17 bits per heavy atom. The third kappa shape index (κ3) is 4.37. The number of halogens is 1. The third-order valence-corrected chi connectivity index (χ3v) is 4.59. The molecule has 3 rings (SSSR count). The van der Waals surface area contributed by atoms with Gasteiger partial charge in [-0.1, -0.05) is 30.3 Å². The monoisotopic (exact) mass is 441 g/mol. The number of benzene rings is 1. The zero-order valence-corrected chi connectivity index (χ0v) is 17.0. The number of hydrogen-bond donors (Lipinski definition) is 1. The molecule has 0 bridgehead atoms. The first-order chi connectivity index (χ1) is 11.0. The predicted octanol–water partition coefficient (Wildman–Crippen LogP) is 0.0201. The van der Waals surface area contributed by atoms with Crippen molar-refractivity contribution in [3.05, 3.63) is 41.6 Å². The highest BCUT2D eigenvalue weighted by Gasteiger charge is 2.27. The van der Waals surface area contributed by atoms with Gasteiger partial charge in [0.1, 0.15) is 0 Å². The molecule has 5 heteroatoms. The maximum Gasteiger partial charge on any atom is 0.0984 e. The molecule has 4 nitrogen and oxygen atoms in total. The van der Waals surface area contributed by atoms with Crippen LogP contribution in [0.15, 0.2) is 30.3 Å². The highest BCUT2D eigenvalue weighted by Crippen LogP contribution is 2.34. The van der Waals surface area contributed by atoms with Gasteiger partial charge in [0.25, 0.3) is 0 Å². The van der Waals surface area contributed by atoms with Crippen LogP contribution in [0, 0.1) is 0 Å². The van der Waals surface area contributed by atoms with Crippen LogP contribution in [0.4, 0.5) is 0 Å². The van der Waals surface area contributed by atoms with E-state index in [2.05, 4.69) is 38.0 Å². The molecule has 0 amide bonds. The molecule has 2 aromatic rings. The summed E-state index contributed by atoms with van der Waals surface area (Å²) in [6, 6.07) is 10.3. The van der Waals surface area contributed by atoms with Gasteiger partial charge in [-0.15, -0.1) is 0 Å². The summed E-state index contributed by atoms with van der Waals surface area (Å²) in [5, 5.41) is 15.7. The van der Waals surface area contributed by atoms with Crippen LogP contribution in [0.25, 0.3) is 11.3 Å².